The van der Waals surface area contributed by atoms with E-state index in [-0.39, 0.29) is 24.0 Å². The molecule has 1 saturated heterocycles. The molecule has 2 N–H and O–H groups in total. The molecule has 2 heterocycles. The highest BCUT2D eigenvalue weighted by Gasteiger charge is 2.22. The molecule has 1 aliphatic rings. The molecule has 0 spiro atoms. The molecule has 0 radical (unpaired) electrons. The first-order valence-corrected chi connectivity index (χ1v) is 9.82. The minimum atomic E-state index is 0. The average Bonchev–Trinajstić information content (AvgIpc) is 2.93. The number of hydrogen-bond acceptors (Lipinski definition) is 4. The zero-order chi connectivity index (χ0) is 18.8. The van der Waals surface area contributed by atoms with Gasteiger partial charge in [-0.2, -0.15) is 0 Å². The normalized spacial score (nSPS) is 17.0. The first-order valence-electron chi connectivity index (χ1n) is 9.82. The second-order valence-corrected chi connectivity index (χ2v) is 7.24. The van der Waals surface area contributed by atoms with Crippen molar-refractivity contribution in [1.29, 1.82) is 0 Å². The van der Waals surface area contributed by atoms with Crippen LogP contribution in [-0.4, -0.2) is 55.7 Å². The molecule has 1 atom stereocenters. The lowest BCUT2D eigenvalue weighted by Crippen LogP contribution is -2.49. The van der Waals surface area contributed by atoms with Crippen molar-refractivity contribution in [1.82, 2.24) is 20.5 Å². The third kappa shape index (κ3) is 8.21. The maximum Gasteiger partial charge on any atom is 0.213 e. The minimum absolute atomic E-state index is 0. The molecule has 7 heteroatoms. The molecule has 1 fully saturated rings. The van der Waals surface area contributed by atoms with E-state index in [1.165, 1.54) is 38.8 Å². The number of ether oxygens (including phenoxy) is 1. The molecule has 27 heavy (non-hydrogen) atoms. The molecule has 1 aliphatic heterocycles. The standard InChI is InChI=1S/C20H35N5O.HI/c1-16(2)18(25-12-7-5-6-8-13-25)15-23-20(21-3)22-14-17-10-9-11-19(24-17)26-4;/h9-11,16,18H,5-8,12-15H2,1-4H3,(H2,21,22,23);1H. The lowest BCUT2D eigenvalue weighted by atomic mass is 10.0. The summed E-state index contributed by atoms with van der Waals surface area (Å²) in [5, 5.41) is 6.85. The van der Waals surface area contributed by atoms with Gasteiger partial charge >= 0.3 is 0 Å². The number of rotatable bonds is 7. The van der Waals surface area contributed by atoms with Crippen LogP contribution in [0.1, 0.15) is 45.2 Å². The summed E-state index contributed by atoms with van der Waals surface area (Å²) in [5.41, 5.74) is 0.931. The van der Waals surface area contributed by atoms with E-state index >= 15 is 0 Å². The summed E-state index contributed by atoms with van der Waals surface area (Å²) in [7, 11) is 3.44. The molecule has 2 rings (SSSR count). The summed E-state index contributed by atoms with van der Waals surface area (Å²) in [5.74, 6) is 2.06. The third-order valence-electron chi connectivity index (χ3n) is 5.01. The lowest BCUT2D eigenvalue weighted by Gasteiger charge is -2.34. The Labute approximate surface area is 181 Å². The van der Waals surface area contributed by atoms with Crippen LogP contribution in [0.5, 0.6) is 5.88 Å². The van der Waals surface area contributed by atoms with Crippen LogP contribution < -0.4 is 15.4 Å². The van der Waals surface area contributed by atoms with Crippen molar-refractivity contribution < 1.29 is 4.74 Å². The van der Waals surface area contributed by atoms with Crippen molar-refractivity contribution in [3.63, 3.8) is 0 Å². The van der Waals surface area contributed by atoms with E-state index in [1.807, 2.05) is 25.2 Å². The number of aromatic nitrogens is 1. The van der Waals surface area contributed by atoms with E-state index in [0.29, 0.717) is 24.4 Å². The fourth-order valence-electron chi connectivity index (χ4n) is 3.48. The molecule has 0 amide bonds. The average molecular weight is 489 g/mol. The van der Waals surface area contributed by atoms with Crippen LogP contribution in [0.3, 0.4) is 0 Å². The number of nitrogens with one attached hydrogen (secondary N) is 2. The zero-order valence-corrected chi connectivity index (χ0v) is 19.5. The summed E-state index contributed by atoms with van der Waals surface area (Å²) < 4.78 is 5.18. The number of aliphatic imine (C=N–C) groups is 1. The number of pyridine rings is 1. The third-order valence-corrected chi connectivity index (χ3v) is 5.01. The topological polar surface area (TPSA) is 61.8 Å². The molecule has 6 nitrogen and oxygen atoms in total. The van der Waals surface area contributed by atoms with Crippen molar-refractivity contribution in [3.8, 4) is 5.88 Å². The summed E-state index contributed by atoms with van der Waals surface area (Å²) in [6, 6.07) is 6.32. The second kappa shape index (κ2) is 13.1. The Balaban J connectivity index is 0.00000364. The van der Waals surface area contributed by atoms with Gasteiger partial charge in [0.1, 0.15) is 0 Å². The molecular formula is C20H36IN5O. The Morgan fingerprint density at radius 3 is 2.48 bits per heavy atom. The van der Waals surface area contributed by atoms with Gasteiger partial charge in [-0.05, 0) is 37.9 Å². The molecule has 154 valence electrons. The van der Waals surface area contributed by atoms with Crippen molar-refractivity contribution in [3.05, 3.63) is 23.9 Å². The van der Waals surface area contributed by atoms with Gasteiger partial charge in [-0.3, -0.25) is 9.89 Å². The fourth-order valence-corrected chi connectivity index (χ4v) is 3.48. The van der Waals surface area contributed by atoms with Gasteiger partial charge in [-0.15, -0.1) is 24.0 Å². The van der Waals surface area contributed by atoms with Gasteiger partial charge in [-0.25, -0.2) is 4.98 Å². The van der Waals surface area contributed by atoms with Gasteiger partial charge in [0.15, 0.2) is 5.96 Å². The Bertz CT molecular complexity index is 559. The van der Waals surface area contributed by atoms with E-state index in [1.54, 1.807) is 7.11 Å². The van der Waals surface area contributed by atoms with Crippen LogP contribution in [-0.2, 0) is 6.54 Å². The van der Waals surface area contributed by atoms with Crippen LogP contribution in [0.15, 0.2) is 23.2 Å². The van der Waals surface area contributed by atoms with Crippen molar-refractivity contribution in [2.24, 2.45) is 10.9 Å². The van der Waals surface area contributed by atoms with Crippen LogP contribution in [0.2, 0.25) is 0 Å². The highest BCUT2D eigenvalue weighted by atomic mass is 127. The number of nitrogens with zero attached hydrogens (tertiary/aromatic N) is 3. The van der Waals surface area contributed by atoms with Crippen molar-refractivity contribution >= 4 is 29.9 Å². The molecule has 0 saturated carbocycles. The zero-order valence-electron chi connectivity index (χ0n) is 17.2. The summed E-state index contributed by atoms with van der Waals surface area (Å²) >= 11 is 0. The number of guanidine groups is 1. The molecule has 1 aromatic rings. The quantitative estimate of drug-likeness (QED) is 0.350. The van der Waals surface area contributed by atoms with Crippen LogP contribution >= 0.6 is 24.0 Å². The van der Waals surface area contributed by atoms with E-state index in [4.69, 9.17) is 4.74 Å². The SMILES string of the molecule is CN=C(NCc1cccc(OC)n1)NCC(C(C)C)N1CCCCCC1.I. The highest BCUT2D eigenvalue weighted by molar-refractivity contribution is 14.0. The maximum atomic E-state index is 5.18. The Hall–Kier alpha value is -1.09. The van der Waals surface area contributed by atoms with Gasteiger partial charge in [-0.1, -0.05) is 32.8 Å². The Morgan fingerprint density at radius 2 is 1.89 bits per heavy atom. The summed E-state index contributed by atoms with van der Waals surface area (Å²) in [6.45, 7) is 8.57. The number of likely N-dealkylation sites (tertiary alicyclic amines) is 1. The van der Waals surface area contributed by atoms with Crippen molar-refractivity contribution in [2.45, 2.75) is 52.1 Å². The first-order chi connectivity index (χ1) is 12.6. The maximum absolute atomic E-state index is 5.18. The van der Waals surface area contributed by atoms with Crippen LogP contribution in [0, 0.1) is 5.92 Å². The van der Waals surface area contributed by atoms with E-state index in [2.05, 4.69) is 39.4 Å². The minimum Gasteiger partial charge on any atom is -0.481 e. The number of hydrogen-bond donors (Lipinski definition) is 2. The van der Waals surface area contributed by atoms with E-state index in [9.17, 15) is 0 Å². The first kappa shape index (κ1) is 23.9. The van der Waals surface area contributed by atoms with Crippen LogP contribution in [0.25, 0.3) is 0 Å². The van der Waals surface area contributed by atoms with Gasteiger partial charge in [0, 0.05) is 25.7 Å². The Kier molecular flexibility index (Phi) is 11.7. The van der Waals surface area contributed by atoms with Gasteiger partial charge in [0.25, 0.3) is 0 Å². The molecule has 0 aromatic carbocycles. The number of halogens is 1. The highest BCUT2D eigenvalue weighted by Crippen LogP contribution is 2.17. The second-order valence-electron chi connectivity index (χ2n) is 7.24. The largest absolute Gasteiger partial charge is 0.481 e. The van der Waals surface area contributed by atoms with Gasteiger partial charge in [0.05, 0.1) is 19.3 Å². The van der Waals surface area contributed by atoms with E-state index < -0.39 is 0 Å². The van der Waals surface area contributed by atoms with Gasteiger partial charge in [0.2, 0.25) is 5.88 Å². The fraction of sp³-hybridized carbons (Fsp3) is 0.700. The number of methoxy groups -OCH3 is 1. The molecule has 0 aliphatic carbocycles. The van der Waals surface area contributed by atoms with Gasteiger partial charge < -0.3 is 15.4 Å². The Morgan fingerprint density at radius 1 is 1.19 bits per heavy atom. The molecular weight excluding hydrogens is 453 g/mol. The van der Waals surface area contributed by atoms with Crippen LogP contribution in [0.4, 0.5) is 0 Å². The smallest absolute Gasteiger partial charge is 0.213 e. The van der Waals surface area contributed by atoms with E-state index in [0.717, 1.165) is 18.2 Å². The molecule has 0 bridgehead atoms. The molecule has 1 unspecified atom stereocenters. The predicted molar refractivity (Wildman–Crippen MR) is 123 cm³/mol. The van der Waals surface area contributed by atoms with Crippen molar-refractivity contribution in [2.75, 3.05) is 33.8 Å². The monoisotopic (exact) mass is 489 g/mol. The summed E-state index contributed by atoms with van der Waals surface area (Å²) in [6.07, 6.45) is 5.37. The molecule has 1 aromatic heterocycles. The summed E-state index contributed by atoms with van der Waals surface area (Å²) in [4.78, 5) is 11.4. The lowest BCUT2D eigenvalue weighted by molar-refractivity contribution is 0.161. The predicted octanol–water partition coefficient (Wildman–Crippen LogP) is 3.27.